The molecule has 1 aromatic carbocycles. The van der Waals surface area contributed by atoms with Crippen LogP contribution in [0.4, 0.5) is 16.3 Å². The SMILES string of the molecule is N=C(OCCO)c1cnc(NC(=O)N[C@H](CO)c2ccccc2)cc1N. The second-order valence-corrected chi connectivity index (χ2v) is 5.30. The Bertz CT molecular complexity index is 754. The smallest absolute Gasteiger partial charge is 0.320 e. The quantitative estimate of drug-likeness (QED) is 0.318. The molecule has 7 N–H and O–H groups in total. The second kappa shape index (κ2) is 9.35. The van der Waals surface area contributed by atoms with Gasteiger partial charge in [0.1, 0.15) is 12.4 Å². The van der Waals surface area contributed by atoms with Gasteiger partial charge in [-0.15, -0.1) is 0 Å². The molecule has 1 aromatic heterocycles. The summed E-state index contributed by atoms with van der Waals surface area (Å²) in [6.45, 7) is -0.503. The zero-order chi connectivity index (χ0) is 18.9. The molecule has 0 spiro atoms. The highest BCUT2D eigenvalue weighted by Crippen LogP contribution is 2.17. The molecule has 0 aliphatic heterocycles. The van der Waals surface area contributed by atoms with Gasteiger partial charge in [0.2, 0.25) is 5.90 Å². The highest BCUT2D eigenvalue weighted by atomic mass is 16.5. The molecule has 0 bridgehead atoms. The van der Waals surface area contributed by atoms with Crippen LogP contribution in [0.1, 0.15) is 17.2 Å². The Morgan fingerprint density at radius 1 is 1.31 bits per heavy atom. The zero-order valence-electron chi connectivity index (χ0n) is 14.0. The summed E-state index contributed by atoms with van der Waals surface area (Å²) in [6.07, 6.45) is 1.30. The molecule has 2 rings (SSSR count). The Hall–Kier alpha value is -3.17. The first kappa shape index (κ1) is 19.2. The standard InChI is InChI=1S/C17H21N5O4/c18-13-8-15(20-9-12(13)16(19)26-7-6-23)22-17(25)21-14(10-24)11-4-2-1-3-5-11/h1-5,8-9,14,19,23-24H,6-7,10H2,(H4,18,20,21,22,25)/t14-/m1/s1. The number of aliphatic hydroxyl groups excluding tert-OH is 2. The van der Waals surface area contributed by atoms with E-state index in [1.54, 1.807) is 12.1 Å². The summed E-state index contributed by atoms with van der Waals surface area (Å²) in [5.74, 6) is -0.0343. The number of anilines is 2. The van der Waals surface area contributed by atoms with Gasteiger partial charge in [-0.05, 0) is 5.56 Å². The van der Waals surface area contributed by atoms with Crippen LogP contribution in [0.25, 0.3) is 0 Å². The van der Waals surface area contributed by atoms with Gasteiger partial charge in [0.15, 0.2) is 0 Å². The molecule has 0 fully saturated rings. The number of aromatic nitrogens is 1. The summed E-state index contributed by atoms with van der Waals surface area (Å²) in [6, 6.07) is 9.33. The van der Waals surface area contributed by atoms with E-state index in [-0.39, 0.29) is 42.8 Å². The van der Waals surface area contributed by atoms with E-state index in [4.69, 9.17) is 21.0 Å². The predicted octanol–water partition coefficient (Wildman–Crippen LogP) is 0.853. The second-order valence-electron chi connectivity index (χ2n) is 5.30. The summed E-state index contributed by atoms with van der Waals surface area (Å²) < 4.78 is 4.98. The molecule has 9 heteroatoms. The molecule has 0 unspecified atom stereocenters. The number of benzene rings is 1. The minimum absolute atomic E-state index is 0.0251. The van der Waals surface area contributed by atoms with E-state index in [2.05, 4.69) is 15.6 Å². The predicted molar refractivity (Wildman–Crippen MR) is 96.9 cm³/mol. The molecular formula is C17H21N5O4. The van der Waals surface area contributed by atoms with Crippen LogP contribution in [0, 0.1) is 5.41 Å². The molecule has 0 aliphatic rings. The van der Waals surface area contributed by atoms with Crippen molar-refractivity contribution in [3.05, 3.63) is 53.7 Å². The van der Waals surface area contributed by atoms with Crippen molar-refractivity contribution in [3.63, 3.8) is 0 Å². The molecule has 0 saturated heterocycles. The Morgan fingerprint density at radius 2 is 2.04 bits per heavy atom. The van der Waals surface area contributed by atoms with E-state index in [0.29, 0.717) is 0 Å². The highest BCUT2D eigenvalue weighted by molar-refractivity contribution is 5.97. The Balaban J connectivity index is 2.00. The van der Waals surface area contributed by atoms with Crippen LogP contribution in [0.2, 0.25) is 0 Å². The lowest BCUT2D eigenvalue weighted by molar-refractivity contribution is 0.193. The number of ether oxygens (including phenoxy) is 1. The first-order valence-corrected chi connectivity index (χ1v) is 7.86. The Labute approximate surface area is 150 Å². The lowest BCUT2D eigenvalue weighted by Crippen LogP contribution is -2.34. The average molecular weight is 359 g/mol. The number of hydrogen-bond acceptors (Lipinski definition) is 7. The molecule has 2 aromatic rings. The van der Waals surface area contributed by atoms with Gasteiger partial charge in [0.25, 0.3) is 0 Å². The molecular weight excluding hydrogens is 338 g/mol. The van der Waals surface area contributed by atoms with Crippen molar-refractivity contribution in [1.82, 2.24) is 10.3 Å². The van der Waals surface area contributed by atoms with Gasteiger partial charge in [0.05, 0.1) is 24.8 Å². The number of pyridine rings is 1. The monoisotopic (exact) mass is 359 g/mol. The number of aliphatic hydroxyl groups is 2. The summed E-state index contributed by atoms with van der Waals surface area (Å²) in [4.78, 5) is 16.1. The number of rotatable bonds is 7. The zero-order valence-corrected chi connectivity index (χ0v) is 14.0. The molecule has 1 atom stereocenters. The minimum atomic E-state index is -0.562. The summed E-state index contributed by atoms with van der Waals surface area (Å²) in [5, 5.41) is 31.1. The number of nitrogen functional groups attached to an aromatic ring is 1. The number of urea groups is 1. The van der Waals surface area contributed by atoms with Crippen molar-refractivity contribution < 1.29 is 19.7 Å². The molecule has 0 saturated carbocycles. The molecule has 26 heavy (non-hydrogen) atoms. The lowest BCUT2D eigenvalue weighted by Gasteiger charge is -2.17. The van der Waals surface area contributed by atoms with Crippen LogP contribution >= 0.6 is 0 Å². The fraction of sp³-hybridized carbons (Fsp3) is 0.235. The first-order chi connectivity index (χ1) is 12.5. The molecule has 138 valence electrons. The van der Waals surface area contributed by atoms with Gasteiger partial charge in [0, 0.05) is 18.0 Å². The van der Waals surface area contributed by atoms with Gasteiger partial charge in [-0.3, -0.25) is 10.7 Å². The minimum Gasteiger partial charge on any atom is -0.475 e. The largest absolute Gasteiger partial charge is 0.475 e. The molecule has 0 radical (unpaired) electrons. The van der Waals surface area contributed by atoms with E-state index < -0.39 is 12.1 Å². The van der Waals surface area contributed by atoms with Gasteiger partial charge >= 0.3 is 6.03 Å². The van der Waals surface area contributed by atoms with Gasteiger partial charge < -0.3 is 26.0 Å². The van der Waals surface area contributed by atoms with E-state index in [1.807, 2.05) is 18.2 Å². The van der Waals surface area contributed by atoms with Crippen molar-refractivity contribution in [3.8, 4) is 0 Å². The number of nitrogens with one attached hydrogen (secondary N) is 3. The number of carbonyl (C=O) groups is 1. The van der Waals surface area contributed by atoms with Crippen molar-refractivity contribution in [2.75, 3.05) is 30.9 Å². The maximum absolute atomic E-state index is 12.1. The fourth-order valence-electron chi connectivity index (χ4n) is 2.18. The first-order valence-electron chi connectivity index (χ1n) is 7.86. The Kier molecular flexibility index (Phi) is 6.89. The van der Waals surface area contributed by atoms with Crippen LogP contribution in [0.5, 0.6) is 0 Å². The van der Waals surface area contributed by atoms with E-state index in [0.717, 1.165) is 5.56 Å². The Morgan fingerprint density at radius 3 is 2.65 bits per heavy atom. The third-order valence-corrected chi connectivity index (χ3v) is 3.45. The van der Waals surface area contributed by atoms with Crippen LogP contribution < -0.4 is 16.4 Å². The average Bonchev–Trinajstić information content (AvgIpc) is 2.65. The van der Waals surface area contributed by atoms with Crippen molar-refractivity contribution in [2.45, 2.75) is 6.04 Å². The fourth-order valence-corrected chi connectivity index (χ4v) is 2.18. The van der Waals surface area contributed by atoms with Gasteiger partial charge in [-0.2, -0.15) is 0 Å². The summed E-state index contributed by atoms with van der Waals surface area (Å²) in [7, 11) is 0. The van der Waals surface area contributed by atoms with Crippen LogP contribution in [-0.2, 0) is 4.74 Å². The topological polar surface area (TPSA) is 154 Å². The lowest BCUT2D eigenvalue weighted by atomic mass is 10.1. The highest BCUT2D eigenvalue weighted by Gasteiger charge is 2.15. The van der Waals surface area contributed by atoms with Crippen molar-refractivity contribution >= 4 is 23.4 Å². The van der Waals surface area contributed by atoms with E-state index in [9.17, 15) is 9.90 Å². The van der Waals surface area contributed by atoms with Gasteiger partial charge in [-0.25, -0.2) is 9.78 Å². The summed E-state index contributed by atoms with van der Waals surface area (Å²) in [5.41, 5.74) is 7.07. The maximum Gasteiger partial charge on any atom is 0.320 e. The van der Waals surface area contributed by atoms with E-state index >= 15 is 0 Å². The molecule has 0 aliphatic carbocycles. The number of amides is 2. The van der Waals surface area contributed by atoms with Crippen molar-refractivity contribution in [2.24, 2.45) is 0 Å². The third-order valence-electron chi connectivity index (χ3n) is 3.45. The normalized spacial score (nSPS) is 11.5. The molecule has 2 amide bonds. The maximum atomic E-state index is 12.1. The number of nitrogens with two attached hydrogens (primary N) is 1. The number of hydrogen-bond donors (Lipinski definition) is 6. The third kappa shape index (κ3) is 5.16. The van der Waals surface area contributed by atoms with Crippen LogP contribution in [0.3, 0.4) is 0 Å². The van der Waals surface area contributed by atoms with E-state index in [1.165, 1.54) is 12.3 Å². The van der Waals surface area contributed by atoms with Crippen molar-refractivity contribution in [1.29, 1.82) is 5.41 Å². The van der Waals surface area contributed by atoms with Crippen LogP contribution in [-0.4, -0.2) is 46.9 Å². The summed E-state index contributed by atoms with van der Waals surface area (Å²) >= 11 is 0. The molecule has 9 nitrogen and oxygen atoms in total. The number of nitrogens with zero attached hydrogens (tertiary/aromatic N) is 1. The van der Waals surface area contributed by atoms with Gasteiger partial charge in [-0.1, -0.05) is 30.3 Å². The number of carbonyl (C=O) groups excluding carboxylic acids is 1. The molecule has 1 heterocycles. The van der Waals surface area contributed by atoms with Crippen LogP contribution in [0.15, 0.2) is 42.6 Å².